The molecule has 1 N–H and O–H groups in total. The van der Waals surface area contributed by atoms with E-state index in [4.69, 9.17) is 4.74 Å². The largest absolute Gasteiger partial charge is 0.376 e. The molecule has 1 amide bonds. The van der Waals surface area contributed by atoms with E-state index >= 15 is 0 Å². The van der Waals surface area contributed by atoms with Gasteiger partial charge in [0, 0.05) is 19.2 Å². The van der Waals surface area contributed by atoms with Crippen LogP contribution >= 0.6 is 0 Å². The first-order valence-electron chi connectivity index (χ1n) is 8.30. The molecule has 2 unspecified atom stereocenters. The predicted octanol–water partition coefficient (Wildman–Crippen LogP) is 3.33. The molecule has 1 aromatic heterocycles. The molecule has 0 saturated carbocycles. The number of aromatic nitrogens is 2. The zero-order valence-electron chi connectivity index (χ0n) is 13.7. The number of nitrogens with zero attached hydrogens (tertiary/aromatic N) is 2. The molecule has 1 aliphatic heterocycles. The van der Waals surface area contributed by atoms with E-state index < -0.39 is 0 Å². The molecule has 3 rings (SSSR count). The van der Waals surface area contributed by atoms with Crippen molar-refractivity contribution in [2.45, 2.75) is 44.8 Å². The van der Waals surface area contributed by atoms with Crippen molar-refractivity contribution in [3.05, 3.63) is 48.0 Å². The van der Waals surface area contributed by atoms with Crippen molar-refractivity contribution in [3.8, 4) is 0 Å². The fourth-order valence-corrected chi connectivity index (χ4v) is 3.00. The number of hydrogen-bond acceptors (Lipinski definition) is 3. The molecule has 0 radical (unpaired) electrons. The van der Waals surface area contributed by atoms with E-state index in [1.54, 1.807) is 35.3 Å². The molecule has 1 saturated heterocycles. The van der Waals surface area contributed by atoms with Crippen LogP contribution in [-0.4, -0.2) is 28.4 Å². The third-order valence-electron chi connectivity index (χ3n) is 4.26. The molecule has 5 nitrogen and oxygen atoms in total. The van der Waals surface area contributed by atoms with Gasteiger partial charge in [-0.2, -0.15) is 5.10 Å². The fraction of sp³-hybridized carbons (Fsp3) is 0.444. The van der Waals surface area contributed by atoms with Crippen LogP contribution in [0.2, 0.25) is 0 Å². The molecular formula is C18H22FN3O2. The van der Waals surface area contributed by atoms with Crippen molar-refractivity contribution in [2.75, 3.05) is 11.9 Å². The minimum absolute atomic E-state index is 0.151. The summed E-state index contributed by atoms with van der Waals surface area (Å²) in [4.78, 5) is 12.2. The van der Waals surface area contributed by atoms with Gasteiger partial charge >= 0.3 is 0 Å². The van der Waals surface area contributed by atoms with Gasteiger partial charge in [0.15, 0.2) is 0 Å². The van der Waals surface area contributed by atoms with Gasteiger partial charge in [0.25, 0.3) is 0 Å². The molecule has 128 valence electrons. The fourth-order valence-electron chi connectivity index (χ4n) is 3.00. The first-order chi connectivity index (χ1) is 11.6. The maximum atomic E-state index is 13.8. The van der Waals surface area contributed by atoms with Crippen molar-refractivity contribution >= 4 is 11.6 Å². The molecule has 2 aromatic rings. The maximum Gasteiger partial charge on any atom is 0.225 e. The van der Waals surface area contributed by atoms with Crippen molar-refractivity contribution in [1.29, 1.82) is 0 Å². The summed E-state index contributed by atoms with van der Waals surface area (Å²) in [7, 11) is 0. The van der Waals surface area contributed by atoms with Gasteiger partial charge in [-0.15, -0.1) is 0 Å². The number of carbonyl (C=O) groups excluding carboxylic acids is 1. The second-order valence-electron chi connectivity index (χ2n) is 6.26. The first kappa shape index (κ1) is 16.6. The lowest BCUT2D eigenvalue weighted by molar-refractivity contribution is -0.116. The van der Waals surface area contributed by atoms with Gasteiger partial charge in [-0.1, -0.05) is 25.1 Å². The second-order valence-corrected chi connectivity index (χ2v) is 6.26. The number of anilines is 1. The summed E-state index contributed by atoms with van der Waals surface area (Å²) in [6.07, 6.45) is 5.98. The standard InChI is InChI=1S/C18H22FN3O2/c1-13(16-6-2-3-7-17(16)19)9-18(23)21-14-10-20-22(11-14)12-15-5-4-8-24-15/h2-3,6-7,10-11,13,15H,4-5,8-9,12H2,1H3,(H,21,23). The molecule has 2 heterocycles. The number of halogens is 1. The summed E-state index contributed by atoms with van der Waals surface area (Å²) in [5.74, 6) is -0.613. The van der Waals surface area contributed by atoms with E-state index in [0.29, 0.717) is 17.8 Å². The lowest BCUT2D eigenvalue weighted by atomic mass is 9.97. The molecule has 0 spiro atoms. The zero-order valence-corrected chi connectivity index (χ0v) is 13.7. The van der Waals surface area contributed by atoms with Crippen LogP contribution < -0.4 is 5.32 Å². The van der Waals surface area contributed by atoms with Crippen LogP contribution in [-0.2, 0) is 16.1 Å². The third kappa shape index (κ3) is 4.20. The summed E-state index contributed by atoms with van der Waals surface area (Å²) in [5, 5.41) is 7.07. The Balaban J connectivity index is 1.53. The summed E-state index contributed by atoms with van der Waals surface area (Å²) in [6, 6.07) is 6.56. The van der Waals surface area contributed by atoms with Crippen molar-refractivity contribution < 1.29 is 13.9 Å². The Labute approximate surface area is 140 Å². The Morgan fingerprint density at radius 2 is 2.33 bits per heavy atom. The molecule has 0 aliphatic carbocycles. The Bertz CT molecular complexity index is 695. The maximum absolute atomic E-state index is 13.8. The van der Waals surface area contributed by atoms with Crippen LogP contribution in [0.5, 0.6) is 0 Å². The smallest absolute Gasteiger partial charge is 0.225 e. The third-order valence-corrected chi connectivity index (χ3v) is 4.26. The van der Waals surface area contributed by atoms with Gasteiger partial charge in [0.2, 0.25) is 5.91 Å². The van der Waals surface area contributed by atoms with E-state index in [-0.39, 0.29) is 30.2 Å². The number of rotatable bonds is 6. The van der Waals surface area contributed by atoms with Gasteiger partial charge in [0.05, 0.1) is 24.5 Å². The van der Waals surface area contributed by atoms with Crippen LogP contribution in [0.4, 0.5) is 10.1 Å². The van der Waals surface area contributed by atoms with E-state index in [2.05, 4.69) is 10.4 Å². The lowest BCUT2D eigenvalue weighted by Gasteiger charge is -2.12. The number of amides is 1. The average molecular weight is 331 g/mol. The van der Waals surface area contributed by atoms with Gasteiger partial charge < -0.3 is 10.1 Å². The minimum atomic E-state index is -0.276. The van der Waals surface area contributed by atoms with Crippen molar-refractivity contribution in [2.24, 2.45) is 0 Å². The molecule has 6 heteroatoms. The van der Waals surface area contributed by atoms with E-state index in [1.807, 2.05) is 6.92 Å². The van der Waals surface area contributed by atoms with E-state index in [0.717, 1.165) is 19.4 Å². The molecule has 1 aliphatic rings. The Hall–Kier alpha value is -2.21. The molecule has 0 bridgehead atoms. The van der Waals surface area contributed by atoms with E-state index in [9.17, 15) is 9.18 Å². The highest BCUT2D eigenvalue weighted by Gasteiger charge is 2.17. The lowest BCUT2D eigenvalue weighted by Crippen LogP contribution is -2.16. The highest BCUT2D eigenvalue weighted by molar-refractivity contribution is 5.90. The molecule has 1 fully saturated rings. The quantitative estimate of drug-likeness (QED) is 0.883. The van der Waals surface area contributed by atoms with Gasteiger partial charge in [-0.3, -0.25) is 9.48 Å². The van der Waals surface area contributed by atoms with Gasteiger partial charge in [-0.05, 0) is 30.4 Å². The number of benzene rings is 1. The minimum Gasteiger partial charge on any atom is -0.376 e. The monoisotopic (exact) mass is 331 g/mol. The molecular weight excluding hydrogens is 309 g/mol. The Morgan fingerprint density at radius 1 is 1.50 bits per heavy atom. The molecule has 24 heavy (non-hydrogen) atoms. The van der Waals surface area contributed by atoms with Crippen molar-refractivity contribution in [3.63, 3.8) is 0 Å². The van der Waals surface area contributed by atoms with Crippen molar-refractivity contribution in [1.82, 2.24) is 9.78 Å². The van der Waals surface area contributed by atoms with Crippen LogP contribution in [0, 0.1) is 5.82 Å². The van der Waals surface area contributed by atoms with Crippen LogP contribution in [0.3, 0.4) is 0 Å². The normalized spacial score (nSPS) is 18.5. The highest BCUT2D eigenvalue weighted by atomic mass is 19.1. The number of hydrogen-bond donors (Lipinski definition) is 1. The van der Waals surface area contributed by atoms with E-state index in [1.165, 1.54) is 6.07 Å². The van der Waals surface area contributed by atoms with Gasteiger partial charge in [-0.25, -0.2) is 4.39 Å². The van der Waals surface area contributed by atoms with Crippen LogP contribution in [0.1, 0.15) is 37.7 Å². The molecule has 2 atom stereocenters. The Kier molecular flexibility index (Phi) is 5.25. The predicted molar refractivity (Wildman–Crippen MR) is 89.3 cm³/mol. The summed E-state index contributed by atoms with van der Waals surface area (Å²) < 4.78 is 21.1. The SMILES string of the molecule is CC(CC(=O)Nc1cnn(CC2CCCO2)c1)c1ccccc1F. The van der Waals surface area contributed by atoms with Crippen LogP contribution in [0.15, 0.2) is 36.7 Å². The van der Waals surface area contributed by atoms with Gasteiger partial charge in [0.1, 0.15) is 5.82 Å². The average Bonchev–Trinajstić information content (AvgIpc) is 3.20. The number of carbonyl (C=O) groups is 1. The summed E-state index contributed by atoms with van der Waals surface area (Å²) in [5.41, 5.74) is 1.21. The highest BCUT2D eigenvalue weighted by Crippen LogP contribution is 2.22. The topological polar surface area (TPSA) is 56.2 Å². The number of nitrogens with one attached hydrogen (secondary N) is 1. The summed E-state index contributed by atoms with van der Waals surface area (Å²) >= 11 is 0. The second kappa shape index (κ2) is 7.57. The zero-order chi connectivity index (χ0) is 16.9. The van der Waals surface area contributed by atoms with Crippen LogP contribution in [0.25, 0.3) is 0 Å². The number of ether oxygens (including phenoxy) is 1. The Morgan fingerprint density at radius 3 is 3.08 bits per heavy atom. The summed E-state index contributed by atoms with van der Waals surface area (Å²) in [6.45, 7) is 3.35. The first-order valence-corrected chi connectivity index (χ1v) is 8.30. The molecule has 1 aromatic carbocycles.